The first kappa shape index (κ1) is 17.2. The van der Waals surface area contributed by atoms with E-state index in [0.29, 0.717) is 11.5 Å². The van der Waals surface area contributed by atoms with E-state index in [2.05, 4.69) is 10.4 Å². The van der Waals surface area contributed by atoms with Gasteiger partial charge in [-0.3, -0.25) is 9.48 Å². The van der Waals surface area contributed by atoms with Crippen molar-refractivity contribution in [3.63, 3.8) is 0 Å². The summed E-state index contributed by atoms with van der Waals surface area (Å²) in [6.45, 7) is 7.13. The molecule has 3 rings (SSSR count). The van der Waals surface area contributed by atoms with Gasteiger partial charge in [0, 0.05) is 18.3 Å². The molecule has 0 spiro atoms. The predicted molar refractivity (Wildman–Crippen MR) is 100 cm³/mol. The molecule has 0 aliphatic heterocycles. The number of amides is 1. The number of nitrogens with zero attached hydrogens (tertiary/aromatic N) is 2. The van der Waals surface area contributed by atoms with Gasteiger partial charge in [0.05, 0.1) is 16.3 Å². The second kappa shape index (κ2) is 7.53. The van der Waals surface area contributed by atoms with Crippen LogP contribution in [0.5, 0.6) is 5.75 Å². The minimum Gasteiger partial charge on any atom is -0.489 e. The summed E-state index contributed by atoms with van der Waals surface area (Å²) in [5, 5.41) is 9.22. The Morgan fingerprint density at radius 3 is 2.84 bits per heavy atom. The third kappa shape index (κ3) is 4.09. The number of benzene rings is 1. The summed E-state index contributed by atoms with van der Waals surface area (Å²) in [7, 11) is 0. The highest BCUT2D eigenvalue weighted by Gasteiger charge is 2.13. The summed E-state index contributed by atoms with van der Waals surface area (Å²) in [6.07, 6.45) is 1.85. The molecule has 25 heavy (non-hydrogen) atoms. The van der Waals surface area contributed by atoms with Crippen molar-refractivity contribution in [2.45, 2.75) is 33.9 Å². The van der Waals surface area contributed by atoms with Crippen LogP contribution in [-0.4, -0.2) is 15.7 Å². The van der Waals surface area contributed by atoms with Crippen LogP contribution in [0.2, 0.25) is 0 Å². The second-order valence-corrected chi connectivity index (χ2v) is 6.72. The van der Waals surface area contributed by atoms with E-state index in [9.17, 15) is 4.79 Å². The first-order valence-electron chi connectivity index (χ1n) is 8.18. The lowest BCUT2D eigenvalue weighted by atomic mass is 10.2. The molecule has 0 saturated heterocycles. The standard InChI is InChI=1S/C19H21N3O2S/c1-4-22-10-16(14(3)21-22)20-19(23)18-9-15(12-25-18)11-24-17-8-6-5-7-13(17)2/h5-10,12H,4,11H2,1-3H3,(H,20,23). The van der Waals surface area contributed by atoms with Crippen molar-refractivity contribution in [2.75, 3.05) is 5.32 Å². The van der Waals surface area contributed by atoms with Crippen LogP contribution in [0.1, 0.15) is 33.4 Å². The molecule has 1 N–H and O–H groups in total. The fourth-order valence-corrected chi connectivity index (χ4v) is 3.23. The van der Waals surface area contributed by atoms with Gasteiger partial charge in [-0.25, -0.2) is 0 Å². The average Bonchev–Trinajstić information content (AvgIpc) is 3.21. The van der Waals surface area contributed by atoms with Gasteiger partial charge in [-0.15, -0.1) is 11.3 Å². The molecule has 0 fully saturated rings. The minimum absolute atomic E-state index is 0.120. The number of aryl methyl sites for hydroxylation is 3. The van der Waals surface area contributed by atoms with Crippen molar-refractivity contribution in [2.24, 2.45) is 0 Å². The molecule has 0 aliphatic carbocycles. The summed E-state index contributed by atoms with van der Waals surface area (Å²) >= 11 is 1.42. The molecule has 0 unspecified atom stereocenters. The molecule has 3 aromatic rings. The normalized spacial score (nSPS) is 10.7. The molecule has 5 nitrogen and oxygen atoms in total. The zero-order valence-electron chi connectivity index (χ0n) is 14.6. The van der Waals surface area contributed by atoms with Gasteiger partial charge >= 0.3 is 0 Å². The van der Waals surface area contributed by atoms with Gasteiger partial charge in [-0.05, 0) is 43.8 Å². The van der Waals surface area contributed by atoms with Crippen LogP contribution < -0.4 is 10.1 Å². The largest absolute Gasteiger partial charge is 0.489 e. The molecule has 6 heteroatoms. The molecular weight excluding hydrogens is 334 g/mol. The molecule has 0 saturated carbocycles. The lowest BCUT2D eigenvalue weighted by Gasteiger charge is -2.07. The van der Waals surface area contributed by atoms with Crippen LogP contribution in [0, 0.1) is 13.8 Å². The first-order chi connectivity index (χ1) is 12.1. The molecule has 0 aliphatic rings. The molecule has 1 amide bonds. The highest BCUT2D eigenvalue weighted by atomic mass is 32.1. The smallest absolute Gasteiger partial charge is 0.265 e. The fraction of sp³-hybridized carbons (Fsp3) is 0.263. The first-order valence-corrected chi connectivity index (χ1v) is 9.06. The predicted octanol–water partition coefficient (Wildman–Crippen LogP) is 4.41. The summed E-state index contributed by atoms with van der Waals surface area (Å²) < 4.78 is 7.64. The third-order valence-electron chi connectivity index (χ3n) is 3.88. The summed E-state index contributed by atoms with van der Waals surface area (Å²) in [4.78, 5) is 13.1. The van der Waals surface area contributed by atoms with Crippen molar-refractivity contribution in [3.05, 3.63) is 63.6 Å². The Balaban J connectivity index is 1.63. The van der Waals surface area contributed by atoms with E-state index in [4.69, 9.17) is 4.74 Å². The summed E-state index contributed by atoms with van der Waals surface area (Å²) in [5.41, 5.74) is 3.64. The van der Waals surface area contributed by atoms with Gasteiger partial charge in [0.1, 0.15) is 12.4 Å². The molecular formula is C19H21N3O2S. The van der Waals surface area contributed by atoms with Crippen LogP contribution in [-0.2, 0) is 13.2 Å². The van der Waals surface area contributed by atoms with Crippen LogP contribution in [0.25, 0.3) is 0 Å². The molecule has 0 radical (unpaired) electrons. The number of nitrogens with one attached hydrogen (secondary N) is 1. The van der Waals surface area contributed by atoms with E-state index in [1.807, 2.05) is 62.7 Å². The minimum atomic E-state index is -0.120. The number of hydrogen-bond acceptors (Lipinski definition) is 4. The number of anilines is 1. The van der Waals surface area contributed by atoms with Crippen molar-refractivity contribution in [3.8, 4) is 5.75 Å². The number of rotatable bonds is 6. The van der Waals surface area contributed by atoms with Gasteiger partial charge in [0.2, 0.25) is 0 Å². The van der Waals surface area contributed by atoms with Crippen molar-refractivity contribution < 1.29 is 9.53 Å². The van der Waals surface area contributed by atoms with E-state index in [1.54, 1.807) is 4.68 Å². The average molecular weight is 355 g/mol. The topological polar surface area (TPSA) is 56.2 Å². The quantitative estimate of drug-likeness (QED) is 0.712. The Kier molecular flexibility index (Phi) is 5.19. The Bertz CT molecular complexity index is 882. The van der Waals surface area contributed by atoms with E-state index in [-0.39, 0.29) is 5.91 Å². The molecule has 2 heterocycles. The highest BCUT2D eigenvalue weighted by Crippen LogP contribution is 2.22. The van der Waals surface area contributed by atoms with Crippen LogP contribution in [0.15, 0.2) is 41.9 Å². The van der Waals surface area contributed by atoms with Gasteiger partial charge in [0.15, 0.2) is 0 Å². The lowest BCUT2D eigenvalue weighted by molar-refractivity contribution is 0.103. The lowest BCUT2D eigenvalue weighted by Crippen LogP contribution is -2.10. The van der Waals surface area contributed by atoms with Crippen LogP contribution >= 0.6 is 11.3 Å². The maximum Gasteiger partial charge on any atom is 0.265 e. The maximum absolute atomic E-state index is 12.4. The number of para-hydroxylation sites is 1. The monoisotopic (exact) mass is 355 g/mol. The number of carbonyl (C=O) groups is 1. The van der Waals surface area contributed by atoms with Gasteiger partial charge < -0.3 is 10.1 Å². The van der Waals surface area contributed by atoms with Gasteiger partial charge in [0.25, 0.3) is 5.91 Å². The Hall–Kier alpha value is -2.60. The molecule has 1 aromatic carbocycles. The van der Waals surface area contributed by atoms with Crippen LogP contribution in [0.3, 0.4) is 0 Å². The molecule has 0 bridgehead atoms. The number of hydrogen-bond donors (Lipinski definition) is 1. The fourth-order valence-electron chi connectivity index (χ4n) is 2.44. The molecule has 2 aromatic heterocycles. The Morgan fingerprint density at radius 2 is 2.12 bits per heavy atom. The summed E-state index contributed by atoms with van der Waals surface area (Å²) in [5.74, 6) is 0.744. The highest BCUT2D eigenvalue weighted by molar-refractivity contribution is 7.12. The summed E-state index contributed by atoms with van der Waals surface area (Å²) in [6, 6.07) is 9.77. The van der Waals surface area contributed by atoms with Gasteiger partial charge in [-0.2, -0.15) is 5.10 Å². The van der Waals surface area contributed by atoms with Crippen molar-refractivity contribution in [1.29, 1.82) is 0 Å². The van der Waals surface area contributed by atoms with Crippen molar-refractivity contribution in [1.82, 2.24) is 9.78 Å². The third-order valence-corrected chi connectivity index (χ3v) is 4.86. The van der Waals surface area contributed by atoms with E-state index >= 15 is 0 Å². The number of aromatic nitrogens is 2. The second-order valence-electron chi connectivity index (χ2n) is 5.81. The SMILES string of the molecule is CCn1cc(NC(=O)c2cc(COc3ccccc3C)cs2)c(C)n1. The Morgan fingerprint density at radius 1 is 1.32 bits per heavy atom. The van der Waals surface area contributed by atoms with E-state index in [0.717, 1.165) is 34.8 Å². The van der Waals surface area contributed by atoms with E-state index < -0.39 is 0 Å². The number of carbonyl (C=O) groups excluding carboxylic acids is 1. The molecule has 130 valence electrons. The zero-order valence-corrected chi connectivity index (χ0v) is 15.4. The van der Waals surface area contributed by atoms with Gasteiger partial charge in [-0.1, -0.05) is 18.2 Å². The number of thiophene rings is 1. The van der Waals surface area contributed by atoms with Crippen LogP contribution in [0.4, 0.5) is 5.69 Å². The van der Waals surface area contributed by atoms with Crippen molar-refractivity contribution >= 4 is 22.9 Å². The zero-order chi connectivity index (χ0) is 17.8. The number of ether oxygens (including phenoxy) is 1. The van der Waals surface area contributed by atoms with E-state index in [1.165, 1.54) is 11.3 Å². The molecule has 0 atom stereocenters. The maximum atomic E-state index is 12.4. The Labute approximate surface area is 151 Å².